The van der Waals surface area contributed by atoms with E-state index in [0.717, 1.165) is 51.4 Å². The van der Waals surface area contributed by atoms with Crippen LogP contribution in [0.25, 0.3) is 0 Å². The molecule has 0 aliphatic heterocycles. The number of carbonyl (C=O) groups excluding carboxylic acids is 2. The molecule has 6 N–H and O–H groups in total. The van der Waals surface area contributed by atoms with Crippen molar-refractivity contribution in [3.05, 3.63) is 35.4 Å². The molecule has 0 aromatic heterocycles. The first-order valence-corrected chi connectivity index (χ1v) is 17.7. The molecular formula is C37H54N2O8. The Morgan fingerprint density at radius 1 is 0.894 bits per heavy atom. The van der Waals surface area contributed by atoms with Crippen molar-refractivity contribution in [2.45, 2.75) is 123 Å². The Bertz CT molecular complexity index is 1330. The van der Waals surface area contributed by atoms with E-state index in [0.29, 0.717) is 35.7 Å². The van der Waals surface area contributed by atoms with Gasteiger partial charge < -0.3 is 31.1 Å². The maximum absolute atomic E-state index is 12.9. The van der Waals surface area contributed by atoms with E-state index in [4.69, 9.17) is 5.11 Å². The van der Waals surface area contributed by atoms with Crippen molar-refractivity contribution in [3.8, 4) is 0 Å². The Morgan fingerprint density at radius 2 is 1.60 bits per heavy atom. The van der Waals surface area contributed by atoms with Gasteiger partial charge in [0.25, 0.3) is 0 Å². The van der Waals surface area contributed by atoms with Crippen LogP contribution in [-0.2, 0) is 20.9 Å². The Labute approximate surface area is 278 Å². The van der Waals surface area contributed by atoms with Crippen molar-refractivity contribution in [2.24, 2.45) is 46.3 Å². The third-order valence-corrected chi connectivity index (χ3v) is 13.2. The zero-order valence-electron chi connectivity index (χ0n) is 28.1. The number of aliphatic hydroxyl groups excluding tert-OH is 2. The molecule has 4 aliphatic carbocycles. The minimum Gasteiger partial charge on any atom is -0.480 e. The highest BCUT2D eigenvalue weighted by molar-refractivity contribution is 5.88. The van der Waals surface area contributed by atoms with Crippen molar-refractivity contribution in [3.63, 3.8) is 0 Å². The number of amides is 2. The molecule has 47 heavy (non-hydrogen) atoms. The molecule has 5 rings (SSSR count). The molecule has 2 amide bonds. The highest BCUT2D eigenvalue weighted by Gasteiger charge is 2.62. The number of aliphatic carboxylic acids is 1. The quantitative estimate of drug-likeness (QED) is 0.187. The molecule has 0 spiro atoms. The molecule has 11 atom stereocenters. The third kappa shape index (κ3) is 7.38. The van der Waals surface area contributed by atoms with E-state index >= 15 is 0 Å². The van der Waals surface area contributed by atoms with Crippen LogP contribution in [0.5, 0.6) is 0 Å². The van der Waals surface area contributed by atoms with Crippen molar-refractivity contribution in [2.75, 3.05) is 0 Å². The van der Waals surface area contributed by atoms with Crippen LogP contribution in [0.2, 0.25) is 0 Å². The summed E-state index contributed by atoms with van der Waals surface area (Å²) in [5.74, 6) is -0.654. The van der Waals surface area contributed by atoms with Gasteiger partial charge in [-0.1, -0.05) is 32.9 Å². The standard InChI is InChI=1S/C37H54N2O8/c1-21(7-11-32(43)39-29(35(46)47)10-12-31(42)38-20-22-5-4-6-23(17-22)34(44)45)26-8-9-27-33-28(14-16-37(26,27)3)36(2)15-13-25(40)18-24(36)19-30(33)41/h4-6,17,21,24-30,33,40-41H,7-16,18-20H2,1-3H3,(H,38,42)(H,39,43)(H,44,45)(H,46,47)/t21-,24+,25-,26-,27+,28+,29+,30-,33+,36+,37-/m1/s1. The van der Waals surface area contributed by atoms with E-state index in [1.54, 1.807) is 12.1 Å². The summed E-state index contributed by atoms with van der Waals surface area (Å²) in [7, 11) is 0. The Hall–Kier alpha value is -2.98. The maximum Gasteiger partial charge on any atom is 0.335 e. The van der Waals surface area contributed by atoms with Crippen molar-refractivity contribution in [1.29, 1.82) is 0 Å². The van der Waals surface area contributed by atoms with Crippen LogP contribution in [0, 0.1) is 46.3 Å². The lowest BCUT2D eigenvalue weighted by Crippen LogP contribution is -2.58. The van der Waals surface area contributed by atoms with Gasteiger partial charge in [-0.3, -0.25) is 9.59 Å². The SMILES string of the molecule is C[C@H](CCC(=O)N[C@@H](CCC(=O)NCc1cccc(C(=O)O)c1)C(=O)O)[C@H]1CC[C@H]2[C@@H]3[C@H](O)C[C@@H]4C[C@H](O)CC[C@]4(C)[C@H]3CC[C@]12C. The number of hydrogen-bond acceptors (Lipinski definition) is 6. The first kappa shape index (κ1) is 35.3. The number of aromatic carboxylic acids is 1. The van der Waals surface area contributed by atoms with Gasteiger partial charge in [0.2, 0.25) is 11.8 Å². The zero-order valence-corrected chi connectivity index (χ0v) is 28.1. The molecule has 0 radical (unpaired) electrons. The molecular weight excluding hydrogens is 600 g/mol. The zero-order chi connectivity index (χ0) is 34.1. The van der Waals surface area contributed by atoms with Crippen LogP contribution >= 0.6 is 0 Å². The molecule has 0 unspecified atom stereocenters. The summed E-state index contributed by atoms with van der Waals surface area (Å²) >= 11 is 0. The van der Waals surface area contributed by atoms with Crippen molar-refractivity contribution < 1.29 is 39.6 Å². The topological polar surface area (TPSA) is 173 Å². The number of nitrogens with one attached hydrogen (secondary N) is 2. The van der Waals surface area contributed by atoms with E-state index in [1.165, 1.54) is 12.1 Å². The summed E-state index contributed by atoms with van der Waals surface area (Å²) in [5.41, 5.74) is 1.02. The predicted molar refractivity (Wildman–Crippen MR) is 175 cm³/mol. The van der Waals surface area contributed by atoms with Crippen LogP contribution in [-0.4, -0.2) is 62.4 Å². The second-order valence-electron chi connectivity index (χ2n) is 15.7. The second kappa shape index (κ2) is 14.2. The van der Waals surface area contributed by atoms with E-state index in [9.17, 15) is 34.5 Å². The summed E-state index contributed by atoms with van der Waals surface area (Å²) in [6.45, 7) is 7.15. The Kier molecular flexibility index (Phi) is 10.7. The highest BCUT2D eigenvalue weighted by Crippen LogP contribution is 2.68. The normalized spacial score (nSPS) is 35.8. The number of hydrogen-bond donors (Lipinski definition) is 6. The van der Waals surface area contributed by atoms with Crippen LogP contribution < -0.4 is 10.6 Å². The fourth-order valence-corrected chi connectivity index (χ4v) is 10.6. The largest absolute Gasteiger partial charge is 0.480 e. The molecule has 4 saturated carbocycles. The number of fused-ring (bicyclic) bond motifs is 5. The van der Waals surface area contributed by atoms with E-state index in [1.807, 2.05) is 0 Å². The first-order valence-electron chi connectivity index (χ1n) is 17.7. The highest BCUT2D eigenvalue weighted by atomic mass is 16.4. The number of aliphatic hydroxyl groups is 2. The van der Waals surface area contributed by atoms with E-state index in [-0.39, 0.29) is 78.1 Å². The molecule has 10 nitrogen and oxygen atoms in total. The molecule has 4 fully saturated rings. The number of carboxylic acid groups (broad SMARTS) is 2. The number of rotatable bonds is 12. The number of carbonyl (C=O) groups is 4. The fourth-order valence-electron chi connectivity index (χ4n) is 10.6. The van der Waals surface area contributed by atoms with Gasteiger partial charge in [0.1, 0.15) is 6.04 Å². The average molecular weight is 655 g/mol. The molecule has 1 aromatic rings. The smallest absolute Gasteiger partial charge is 0.335 e. The fraction of sp³-hybridized carbons (Fsp3) is 0.730. The molecule has 10 heteroatoms. The lowest BCUT2D eigenvalue weighted by molar-refractivity contribution is -0.174. The molecule has 1 aromatic carbocycles. The Balaban J connectivity index is 1.10. The van der Waals surface area contributed by atoms with E-state index < -0.39 is 18.0 Å². The van der Waals surface area contributed by atoms with Crippen LogP contribution in [0.4, 0.5) is 0 Å². The van der Waals surface area contributed by atoms with Gasteiger partial charge in [-0.05, 0) is 128 Å². The molecule has 0 saturated heterocycles. The van der Waals surface area contributed by atoms with E-state index in [2.05, 4.69) is 31.4 Å². The number of carboxylic acids is 2. The molecule has 4 aliphatic rings. The van der Waals surface area contributed by atoms with Gasteiger partial charge in [-0.25, -0.2) is 9.59 Å². The van der Waals surface area contributed by atoms with Gasteiger partial charge in [0, 0.05) is 19.4 Å². The maximum atomic E-state index is 12.9. The average Bonchev–Trinajstić information content (AvgIpc) is 3.38. The molecule has 0 bridgehead atoms. The van der Waals surface area contributed by atoms with Gasteiger partial charge >= 0.3 is 11.9 Å². The number of benzene rings is 1. The van der Waals surface area contributed by atoms with Crippen molar-refractivity contribution in [1.82, 2.24) is 10.6 Å². The lowest BCUT2D eigenvalue weighted by atomic mass is 9.43. The second-order valence-corrected chi connectivity index (χ2v) is 15.7. The summed E-state index contributed by atoms with van der Waals surface area (Å²) in [4.78, 5) is 48.4. The summed E-state index contributed by atoms with van der Waals surface area (Å²) in [5, 5.41) is 46.0. The molecule has 0 heterocycles. The molecule has 260 valence electrons. The van der Waals surface area contributed by atoms with Gasteiger partial charge in [0.05, 0.1) is 17.8 Å². The van der Waals surface area contributed by atoms with Crippen LogP contribution in [0.3, 0.4) is 0 Å². The van der Waals surface area contributed by atoms with Gasteiger partial charge in [0.15, 0.2) is 0 Å². The minimum atomic E-state index is -1.19. The van der Waals surface area contributed by atoms with Gasteiger partial charge in [-0.15, -0.1) is 0 Å². The Morgan fingerprint density at radius 3 is 2.32 bits per heavy atom. The monoisotopic (exact) mass is 654 g/mol. The van der Waals surface area contributed by atoms with Crippen LogP contribution in [0.15, 0.2) is 24.3 Å². The first-order chi connectivity index (χ1) is 22.2. The summed E-state index contributed by atoms with van der Waals surface area (Å²) < 4.78 is 0. The predicted octanol–water partition coefficient (Wildman–Crippen LogP) is 4.76. The summed E-state index contributed by atoms with van der Waals surface area (Å²) in [6, 6.07) is 5.05. The minimum absolute atomic E-state index is 0.0520. The van der Waals surface area contributed by atoms with Crippen molar-refractivity contribution >= 4 is 23.8 Å². The third-order valence-electron chi connectivity index (χ3n) is 13.2. The summed E-state index contributed by atoms with van der Waals surface area (Å²) in [6.07, 6.45) is 8.02. The van der Waals surface area contributed by atoms with Crippen LogP contribution in [0.1, 0.15) is 114 Å². The van der Waals surface area contributed by atoms with Gasteiger partial charge in [-0.2, -0.15) is 0 Å². The lowest BCUT2D eigenvalue weighted by Gasteiger charge is -2.62.